The number of aromatic nitrogens is 1. The summed E-state index contributed by atoms with van der Waals surface area (Å²) in [4.78, 5) is 17.9. The zero-order valence-corrected chi connectivity index (χ0v) is 12.3. The topological polar surface area (TPSA) is 42.4 Å². The summed E-state index contributed by atoms with van der Waals surface area (Å²) in [5.74, 6) is -0.442. The number of hydrogen-bond donors (Lipinski definition) is 0. The van der Waals surface area contributed by atoms with E-state index in [9.17, 15) is 4.79 Å². The van der Waals surface area contributed by atoms with Crippen LogP contribution in [0.4, 0.5) is 5.13 Å². The van der Waals surface area contributed by atoms with Gasteiger partial charge in [-0.2, -0.15) is 0 Å². The molecule has 1 aromatic rings. The highest BCUT2D eigenvalue weighted by atomic mass is 35.5. The van der Waals surface area contributed by atoms with Crippen LogP contribution in [-0.4, -0.2) is 31.7 Å². The normalized spacial score (nSPS) is 11.4. The SMILES string of the molecule is COC(=O)c1sc(N(C)CC(C)(C)C)nc1Cl. The Bertz CT molecular complexity index is 412. The van der Waals surface area contributed by atoms with E-state index in [-0.39, 0.29) is 10.6 Å². The van der Waals surface area contributed by atoms with Crippen LogP contribution in [0.1, 0.15) is 30.4 Å². The van der Waals surface area contributed by atoms with Gasteiger partial charge in [0.25, 0.3) is 0 Å². The minimum absolute atomic E-state index is 0.151. The number of methoxy groups -OCH3 is 1. The maximum absolute atomic E-state index is 11.4. The van der Waals surface area contributed by atoms with Crippen LogP contribution in [0.25, 0.3) is 0 Å². The number of rotatable bonds is 3. The van der Waals surface area contributed by atoms with Crippen molar-refractivity contribution >= 4 is 34.0 Å². The van der Waals surface area contributed by atoms with Crippen LogP contribution in [0.3, 0.4) is 0 Å². The van der Waals surface area contributed by atoms with Gasteiger partial charge in [0.2, 0.25) is 0 Å². The van der Waals surface area contributed by atoms with Gasteiger partial charge in [0, 0.05) is 13.6 Å². The van der Waals surface area contributed by atoms with Crippen molar-refractivity contribution < 1.29 is 9.53 Å². The number of halogens is 1. The molecule has 0 amide bonds. The minimum atomic E-state index is -0.442. The summed E-state index contributed by atoms with van der Waals surface area (Å²) in [5, 5.41) is 0.933. The lowest BCUT2D eigenvalue weighted by Gasteiger charge is -2.25. The summed E-state index contributed by atoms with van der Waals surface area (Å²) in [5.41, 5.74) is 0.151. The zero-order chi connectivity index (χ0) is 13.2. The van der Waals surface area contributed by atoms with Gasteiger partial charge >= 0.3 is 5.97 Å². The molecule has 0 unspecified atom stereocenters. The average Bonchev–Trinajstić information content (AvgIpc) is 2.57. The molecule has 0 saturated carbocycles. The molecule has 0 aliphatic heterocycles. The average molecular weight is 277 g/mol. The number of ether oxygens (including phenoxy) is 1. The van der Waals surface area contributed by atoms with E-state index < -0.39 is 5.97 Å². The smallest absolute Gasteiger partial charge is 0.351 e. The third-order valence-electron chi connectivity index (χ3n) is 1.98. The van der Waals surface area contributed by atoms with Gasteiger partial charge < -0.3 is 9.64 Å². The molecule has 0 spiro atoms. The summed E-state index contributed by atoms with van der Waals surface area (Å²) in [7, 11) is 3.26. The molecule has 0 bridgehead atoms. The summed E-state index contributed by atoms with van der Waals surface area (Å²) in [6.07, 6.45) is 0. The standard InChI is InChI=1S/C11H17ClN2O2S/c1-11(2,3)6-14(4)10-13-8(12)7(17-10)9(15)16-5/h6H2,1-5H3. The molecule has 0 aromatic carbocycles. The monoisotopic (exact) mass is 276 g/mol. The Morgan fingerprint density at radius 2 is 2.12 bits per heavy atom. The van der Waals surface area contributed by atoms with Crippen LogP contribution in [0.2, 0.25) is 5.15 Å². The number of esters is 1. The predicted octanol–water partition coefficient (Wildman–Crippen LogP) is 3.07. The van der Waals surface area contributed by atoms with E-state index >= 15 is 0 Å². The van der Waals surface area contributed by atoms with Crippen LogP contribution in [0.15, 0.2) is 0 Å². The van der Waals surface area contributed by atoms with Crippen molar-refractivity contribution in [3.8, 4) is 0 Å². The molecule has 1 heterocycles. The van der Waals surface area contributed by atoms with Crippen LogP contribution in [0.5, 0.6) is 0 Å². The first-order valence-corrected chi connectivity index (χ1v) is 6.40. The number of nitrogens with zero attached hydrogens (tertiary/aromatic N) is 2. The fraction of sp³-hybridized carbons (Fsp3) is 0.636. The maximum Gasteiger partial charge on any atom is 0.351 e. The van der Waals surface area contributed by atoms with Crippen molar-refractivity contribution in [3.63, 3.8) is 0 Å². The summed E-state index contributed by atoms with van der Waals surface area (Å²) >= 11 is 7.16. The van der Waals surface area contributed by atoms with Gasteiger partial charge in [0.05, 0.1) is 7.11 Å². The molecule has 17 heavy (non-hydrogen) atoms. The highest BCUT2D eigenvalue weighted by molar-refractivity contribution is 7.18. The Morgan fingerprint density at radius 3 is 2.59 bits per heavy atom. The van der Waals surface area contributed by atoms with E-state index in [1.165, 1.54) is 18.4 Å². The van der Waals surface area contributed by atoms with Crippen molar-refractivity contribution in [1.82, 2.24) is 4.98 Å². The Labute approximate surface area is 111 Å². The van der Waals surface area contributed by atoms with Gasteiger partial charge in [-0.25, -0.2) is 9.78 Å². The molecule has 0 atom stereocenters. The van der Waals surface area contributed by atoms with Gasteiger partial charge in [-0.05, 0) is 5.41 Å². The van der Waals surface area contributed by atoms with E-state index in [1.807, 2.05) is 11.9 Å². The second kappa shape index (κ2) is 5.23. The molecule has 0 aliphatic rings. The Morgan fingerprint density at radius 1 is 1.53 bits per heavy atom. The number of carbonyl (C=O) groups is 1. The van der Waals surface area contributed by atoms with E-state index in [1.54, 1.807) is 0 Å². The lowest BCUT2D eigenvalue weighted by Crippen LogP contribution is -2.28. The van der Waals surface area contributed by atoms with E-state index in [4.69, 9.17) is 11.6 Å². The molecule has 0 fully saturated rings. The summed E-state index contributed by atoms with van der Waals surface area (Å²) in [6.45, 7) is 7.25. The molecule has 1 aromatic heterocycles. The number of thiazole rings is 1. The van der Waals surface area contributed by atoms with E-state index in [0.29, 0.717) is 4.88 Å². The summed E-state index contributed by atoms with van der Waals surface area (Å²) < 4.78 is 4.64. The van der Waals surface area contributed by atoms with Crippen molar-refractivity contribution in [2.24, 2.45) is 5.41 Å². The fourth-order valence-electron chi connectivity index (χ4n) is 1.45. The third-order valence-corrected chi connectivity index (χ3v) is 3.52. The first kappa shape index (κ1) is 14.3. The highest BCUT2D eigenvalue weighted by Gasteiger charge is 2.21. The quantitative estimate of drug-likeness (QED) is 0.796. The van der Waals surface area contributed by atoms with Crippen molar-refractivity contribution in [2.45, 2.75) is 20.8 Å². The van der Waals surface area contributed by atoms with E-state index in [0.717, 1.165) is 11.7 Å². The van der Waals surface area contributed by atoms with Crippen molar-refractivity contribution in [1.29, 1.82) is 0 Å². The molecule has 0 saturated heterocycles. The molecule has 96 valence electrons. The predicted molar refractivity (Wildman–Crippen MR) is 71.2 cm³/mol. The lowest BCUT2D eigenvalue weighted by atomic mass is 9.96. The van der Waals surface area contributed by atoms with Gasteiger partial charge in [0.1, 0.15) is 0 Å². The molecule has 0 aliphatic carbocycles. The molecular formula is C11H17ClN2O2S. The first-order chi connectivity index (χ1) is 7.74. The minimum Gasteiger partial charge on any atom is -0.465 e. The largest absolute Gasteiger partial charge is 0.465 e. The van der Waals surface area contributed by atoms with Crippen LogP contribution in [0, 0.1) is 5.41 Å². The highest BCUT2D eigenvalue weighted by Crippen LogP contribution is 2.31. The Hall–Kier alpha value is -0.810. The van der Waals surface area contributed by atoms with E-state index in [2.05, 4.69) is 30.5 Å². The van der Waals surface area contributed by atoms with Crippen molar-refractivity contribution in [3.05, 3.63) is 10.0 Å². The molecule has 1 rings (SSSR count). The fourth-order valence-corrected chi connectivity index (χ4v) is 2.61. The maximum atomic E-state index is 11.4. The molecule has 0 N–H and O–H groups in total. The second-order valence-electron chi connectivity index (χ2n) is 5.02. The van der Waals surface area contributed by atoms with Crippen LogP contribution < -0.4 is 4.90 Å². The van der Waals surface area contributed by atoms with Crippen LogP contribution >= 0.6 is 22.9 Å². The second-order valence-corrected chi connectivity index (χ2v) is 6.36. The number of carbonyl (C=O) groups excluding carboxylic acids is 1. The number of hydrogen-bond acceptors (Lipinski definition) is 5. The van der Waals surface area contributed by atoms with Crippen molar-refractivity contribution in [2.75, 3.05) is 25.6 Å². The van der Waals surface area contributed by atoms with Gasteiger partial charge in [-0.1, -0.05) is 43.7 Å². The Balaban J connectivity index is 2.90. The lowest BCUT2D eigenvalue weighted by molar-refractivity contribution is 0.0606. The molecule has 0 radical (unpaired) electrons. The number of anilines is 1. The zero-order valence-electron chi connectivity index (χ0n) is 10.7. The third kappa shape index (κ3) is 3.85. The molecule has 6 heteroatoms. The van der Waals surface area contributed by atoms with Crippen LogP contribution in [-0.2, 0) is 4.74 Å². The molecule has 4 nitrogen and oxygen atoms in total. The summed E-state index contributed by atoms with van der Waals surface area (Å²) in [6, 6.07) is 0. The first-order valence-electron chi connectivity index (χ1n) is 5.20. The van der Waals surface area contributed by atoms with Gasteiger partial charge in [-0.3, -0.25) is 0 Å². The van der Waals surface area contributed by atoms with Gasteiger partial charge in [-0.15, -0.1) is 0 Å². The molecular weight excluding hydrogens is 260 g/mol. The van der Waals surface area contributed by atoms with Gasteiger partial charge in [0.15, 0.2) is 15.2 Å². The Kier molecular flexibility index (Phi) is 4.38.